The lowest BCUT2D eigenvalue weighted by Gasteiger charge is -2.03. The number of esters is 1. The summed E-state index contributed by atoms with van der Waals surface area (Å²) in [6.45, 7) is 0.0446. The van der Waals surface area contributed by atoms with E-state index < -0.39 is 5.91 Å². The second kappa shape index (κ2) is 8.02. The van der Waals surface area contributed by atoms with E-state index in [0.717, 1.165) is 10.9 Å². The van der Waals surface area contributed by atoms with Gasteiger partial charge in [-0.25, -0.2) is 0 Å². The van der Waals surface area contributed by atoms with Gasteiger partial charge in [0.25, 0.3) is 5.91 Å². The SMILES string of the molecule is COC(=O)Cn1cc(/C=C(\C#N)C(=O)Nc2ccccc2)c2ccccc21. The van der Waals surface area contributed by atoms with E-state index in [1.165, 1.54) is 13.2 Å². The lowest BCUT2D eigenvalue weighted by Crippen LogP contribution is -2.13. The Morgan fingerprint density at radius 1 is 1.15 bits per heavy atom. The van der Waals surface area contributed by atoms with Gasteiger partial charge in [0.1, 0.15) is 18.2 Å². The van der Waals surface area contributed by atoms with Crippen molar-refractivity contribution >= 4 is 34.5 Å². The zero-order valence-corrected chi connectivity index (χ0v) is 14.7. The van der Waals surface area contributed by atoms with E-state index in [9.17, 15) is 14.9 Å². The van der Waals surface area contributed by atoms with Gasteiger partial charge in [0.2, 0.25) is 0 Å². The molecule has 1 heterocycles. The number of para-hydroxylation sites is 2. The van der Waals surface area contributed by atoms with Gasteiger partial charge in [-0.3, -0.25) is 9.59 Å². The van der Waals surface area contributed by atoms with Crippen molar-refractivity contribution in [2.45, 2.75) is 6.54 Å². The van der Waals surface area contributed by atoms with Crippen molar-refractivity contribution in [2.75, 3.05) is 12.4 Å². The topological polar surface area (TPSA) is 84.1 Å². The van der Waals surface area contributed by atoms with Crippen LogP contribution in [0.4, 0.5) is 5.69 Å². The number of nitriles is 1. The molecule has 0 aliphatic heterocycles. The molecule has 0 saturated heterocycles. The maximum absolute atomic E-state index is 12.4. The molecule has 0 aliphatic carbocycles. The lowest BCUT2D eigenvalue weighted by molar-refractivity contribution is -0.141. The molecule has 6 nitrogen and oxygen atoms in total. The van der Waals surface area contributed by atoms with E-state index in [1.807, 2.05) is 36.4 Å². The Bertz CT molecular complexity index is 1060. The molecule has 0 aliphatic rings. The number of nitrogens with zero attached hydrogens (tertiary/aromatic N) is 2. The van der Waals surface area contributed by atoms with Gasteiger partial charge < -0.3 is 14.6 Å². The maximum Gasteiger partial charge on any atom is 0.325 e. The van der Waals surface area contributed by atoms with Crippen LogP contribution >= 0.6 is 0 Å². The van der Waals surface area contributed by atoms with Crippen molar-refractivity contribution in [3.8, 4) is 6.07 Å². The van der Waals surface area contributed by atoms with Gasteiger partial charge in [-0.2, -0.15) is 5.26 Å². The Balaban J connectivity index is 1.96. The standard InChI is InChI=1S/C21H17N3O3/c1-27-20(25)14-24-13-16(18-9-5-6-10-19(18)24)11-15(12-22)21(26)23-17-7-3-2-4-8-17/h2-11,13H,14H2,1H3,(H,23,26)/b15-11+. The predicted molar refractivity (Wildman–Crippen MR) is 103 cm³/mol. The third-order valence-electron chi connectivity index (χ3n) is 4.04. The fourth-order valence-electron chi connectivity index (χ4n) is 2.75. The second-order valence-corrected chi connectivity index (χ2v) is 5.80. The molecule has 0 atom stereocenters. The van der Waals surface area contributed by atoms with Gasteiger partial charge in [0.05, 0.1) is 7.11 Å². The summed E-state index contributed by atoms with van der Waals surface area (Å²) in [6, 6.07) is 18.3. The molecule has 0 saturated carbocycles. The number of aromatic nitrogens is 1. The average Bonchev–Trinajstić information content (AvgIpc) is 3.04. The van der Waals surface area contributed by atoms with Gasteiger partial charge in [-0.1, -0.05) is 36.4 Å². The molecule has 0 fully saturated rings. The fourth-order valence-corrected chi connectivity index (χ4v) is 2.75. The number of benzene rings is 2. The number of hydrogen-bond acceptors (Lipinski definition) is 4. The predicted octanol–water partition coefficient (Wildman–Crippen LogP) is 3.36. The van der Waals surface area contributed by atoms with Crippen molar-refractivity contribution in [2.24, 2.45) is 0 Å². The molecule has 134 valence electrons. The van der Waals surface area contributed by atoms with E-state index in [2.05, 4.69) is 5.32 Å². The number of carbonyl (C=O) groups excluding carboxylic acids is 2. The normalized spacial score (nSPS) is 11.0. The van der Waals surface area contributed by atoms with Crippen LogP contribution in [-0.4, -0.2) is 23.6 Å². The summed E-state index contributed by atoms with van der Waals surface area (Å²) in [6.07, 6.45) is 3.25. The molecular formula is C21H17N3O3. The van der Waals surface area contributed by atoms with Crippen LogP contribution in [0.2, 0.25) is 0 Å². The first kappa shape index (κ1) is 18.0. The molecule has 3 aromatic rings. The first-order valence-electron chi connectivity index (χ1n) is 8.25. The second-order valence-electron chi connectivity index (χ2n) is 5.80. The number of methoxy groups -OCH3 is 1. The molecule has 3 rings (SSSR count). The van der Waals surface area contributed by atoms with Crippen LogP contribution in [0.25, 0.3) is 17.0 Å². The largest absolute Gasteiger partial charge is 0.468 e. The van der Waals surface area contributed by atoms with E-state index in [0.29, 0.717) is 11.3 Å². The molecule has 0 spiro atoms. The Hall–Kier alpha value is -3.85. The quantitative estimate of drug-likeness (QED) is 0.430. The van der Waals surface area contributed by atoms with Gasteiger partial charge >= 0.3 is 5.97 Å². The van der Waals surface area contributed by atoms with Crippen LogP contribution < -0.4 is 5.32 Å². The number of nitrogens with one attached hydrogen (secondary N) is 1. The Kier molecular flexibility index (Phi) is 5.33. The number of ether oxygens (including phenoxy) is 1. The number of rotatable bonds is 5. The Morgan fingerprint density at radius 2 is 1.85 bits per heavy atom. The fraction of sp³-hybridized carbons (Fsp3) is 0.0952. The molecule has 0 radical (unpaired) electrons. The summed E-state index contributed by atoms with van der Waals surface area (Å²) in [7, 11) is 1.33. The number of hydrogen-bond donors (Lipinski definition) is 1. The van der Waals surface area contributed by atoms with Crippen LogP contribution in [0.1, 0.15) is 5.56 Å². The maximum atomic E-state index is 12.4. The third kappa shape index (κ3) is 4.05. The van der Waals surface area contributed by atoms with Gasteiger partial charge in [0, 0.05) is 28.4 Å². The zero-order valence-electron chi connectivity index (χ0n) is 14.7. The zero-order chi connectivity index (χ0) is 19.2. The molecule has 1 amide bonds. The molecule has 0 bridgehead atoms. The number of fused-ring (bicyclic) bond motifs is 1. The highest BCUT2D eigenvalue weighted by Gasteiger charge is 2.14. The van der Waals surface area contributed by atoms with Crippen molar-refractivity contribution in [3.63, 3.8) is 0 Å². The summed E-state index contributed by atoms with van der Waals surface area (Å²) >= 11 is 0. The van der Waals surface area contributed by atoms with Crippen molar-refractivity contribution in [1.29, 1.82) is 5.26 Å². The molecule has 27 heavy (non-hydrogen) atoms. The minimum Gasteiger partial charge on any atom is -0.468 e. The summed E-state index contributed by atoms with van der Waals surface area (Å²) < 4.78 is 6.46. The minimum atomic E-state index is -0.492. The van der Waals surface area contributed by atoms with Gasteiger partial charge in [-0.15, -0.1) is 0 Å². The number of carbonyl (C=O) groups is 2. The monoisotopic (exact) mass is 359 g/mol. The van der Waals surface area contributed by atoms with Gasteiger partial charge in [0.15, 0.2) is 0 Å². The average molecular weight is 359 g/mol. The van der Waals surface area contributed by atoms with E-state index in [4.69, 9.17) is 4.74 Å². The van der Waals surface area contributed by atoms with E-state index >= 15 is 0 Å². The van der Waals surface area contributed by atoms with Crippen molar-refractivity contribution < 1.29 is 14.3 Å². The van der Waals surface area contributed by atoms with Crippen molar-refractivity contribution in [3.05, 3.63) is 71.9 Å². The summed E-state index contributed by atoms with van der Waals surface area (Å²) in [5.74, 6) is -0.873. The summed E-state index contributed by atoms with van der Waals surface area (Å²) in [5.41, 5.74) is 2.07. The molecule has 1 N–H and O–H groups in total. The summed E-state index contributed by atoms with van der Waals surface area (Å²) in [5, 5.41) is 13.0. The molecule has 1 aromatic heterocycles. The summed E-state index contributed by atoms with van der Waals surface area (Å²) in [4.78, 5) is 24.1. The first-order valence-corrected chi connectivity index (χ1v) is 8.25. The van der Waals surface area contributed by atoms with E-state index in [-0.39, 0.29) is 18.1 Å². The highest BCUT2D eigenvalue weighted by Crippen LogP contribution is 2.24. The Morgan fingerprint density at radius 3 is 2.56 bits per heavy atom. The van der Waals surface area contributed by atoms with Crippen LogP contribution in [0.3, 0.4) is 0 Å². The van der Waals surface area contributed by atoms with Crippen LogP contribution in [0, 0.1) is 11.3 Å². The van der Waals surface area contributed by atoms with Crippen molar-refractivity contribution in [1.82, 2.24) is 4.57 Å². The number of amides is 1. The highest BCUT2D eigenvalue weighted by atomic mass is 16.5. The number of anilines is 1. The molecule has 2 aromatic carbocycles. The highest BCUT2D eigenvalue weighted by molar-refractivity contribution is 6.10. The van der Waals surface area contributed by atoms with Gasteiger partial charge in [-0.05, 0) is 24.3 Å². The molecule has 0 unspecified atom stereocenters. The van der Waals surface area contributed by atoms with Crippen LogP contribution in [-0.2, 0) is 20.9 Å². The smallest absolute Gasteiger partial charge is 0.325 e. The minimum absolute atomic E-state index is 0.0279. The van der Waals surface area contributed by atoms with E-state index in [1.54, 1.807) is 35.0 Å². The van der Waals surface area contributed by atoms with Crippen LogP contribution in [0.5, 0.6) is 0 Å². The lowest BCUT2D eigenvalue weighted by atomic mass is 10.1. The van der Waals surface area contributed by atoms with Crippen LogP contribution in [0.15, 0.2) is 66.4 Å². The first-order chi connectivity index (χ1) is 13.1. The molecule has 6 heteroatoms. The molecular weight excluding hydrogens is 342 g/mol. The third-order valence-corrected chi connectivity index (χ3v) is 4.04. The Labute approximate surface area is 156 Å².